The summed E-state index contributed by atoms with van der Waals surface area (Å²) >= 11 is 0. The van der Waals surface area contributed by atoms with Crippen molar-refractivity contribution in [3.05, 3.63) is 65.9 Å². The molecule has 0 amide bonds. The van der Waals surface area contributed by atoms with Gasteiger partial charge in [-0.1, -0.05) is 35.9 Å². The lowest BCUT2D eigenvalue weighted by molar-refractivity contribution is 0.553. The van der Waals surface area contributed by atoms with Gasteiger partial charge in [0.2, 0.25) is 0 Å². The van der Waals surface area contributed by atoms with Crippen molar-refractivity contribution in [1.82, 2.24) is 0 Å². The van der Waals surface area contributed by atoms with E-state index in [4.69, 9.17) is 4.42 Å². The SMILES string of the molecule is Cc1ccc(S(C)(=O)=NCc2cc3ccccc3o2)cc1. The van der Waals surface area contributed by atoms with E-state index in [0.717, 1.165) is 27.2 Å². The van der Waals surface area contributed by atoms with Gasteiger partial charge in [-0.25, -0.2) is 8.57 Å². The third-order valence-electron chi connectivity index (χ3n) is 3.40. The molecular weight excluding hydrogens is 282 g/mol. The molecule has 0 saturated heterocycles. The Morgan fingerprint density at radius 2 is 1.81 bits per heavy atom. The zero-order valence-electron chi connectivity index (χ0n) is 12.1. The predicted octanol–water partition coefficient (Wildman–Crippen LogP) is 4.40. The summed E-state index contributed by atoms with van der Waals surface area (Å²) in [5.74, 6) is 0.734. The molecule has 1 atom stereocenters. The Kier molecular flexibility index (Phi) is 3.55. The maximum absolute atomic E-state index is 12.7. The van der Waals surface area contributed by atoms with Crippen molar-refractivity contribution in [3.63, 3.8) is 0 Å². The van der Waals surface area contributed by atoms with Crippen LogP contribution in [0.4, 0.5) is 0 Å². The molecule has 0 bridgehead atoms. The highest BCUT2D eigenvalue weighted by Crippen LogP contribution is 2.20. The van der Waals surface area contributed by atoms with Gasteiger partial charge in [0.1, 0.15) is 17.9 Å². The van der Waals surface area contributed by atoms with Crippen molar-refractivity contribution in [3.8, 4) is 0 Å². The average molecular weight is 299 g/mol. The fourth-order valence-corrected chi connectivity index (χ4v) is 3.33. The minimum atomic E-state index is -2.40. The molecule has 1 unspecified atom stereocenters. The maximum Gasteiger partial charge on any atom is 0.134 e. The first-order valence-electron chi connectivity index (χ1n) is 6.77. The van der Waals surface area contributed by atoms with Gasteiger partial charge < -0.3 is 4.42 Å². The van der Waals surface area contributed by atoms with E-state index in [0.29, 0.717) is 6.54 Å². The van der Waals surface area contributed by atoms with Crippen molar-refractivity contribution in [2.45, 2.75) is 18.4 Å². The molecule has 4 heteroatoms. The number of furan rings is 1. The first kappa shape index (κ1) is 13.9. The fourth-order valence-electron chi connectivity index (χ4n) is 2.17. The number of hydrogen-bond acceptors (Lipinski definition) is 3. The van der Waals surface area contributed by atoms with Crippen molar-refractivity contribution < 1.29 is 8.63 Å². The third kappa shape index (κ3) is 3.00. The molecule has 3 nitrogen and oxygen atoms in total. The van der Waals surface area contributed by atoms with Crippen LogP contribution in [0.3, 0.4) is 0 Å². The Hall–Kier alpha value is -2.07. The molecule has 0 spiro atoms. The van der Waals surface area contributed by atoms with Crippen LogP contribution in [0.15, 0.2) is 68.3 Å². The monoisotopic (exact) mass is 299 g/mol. The number of nitrogens with zero attached hydrogens (tertiary/aromatic N) is 1. The van der Waals surface area contributed by atoms with E-state index in [1.165, 1.54) is 0 Å². The van der Waals surface area contributed by atoms with E-state index in [1.54, 1.807) is 6.26 Å². The van der Waals surface area contributed by atoms with Crippen LogP contribution >= 0.6 is 0 Å². The molecule has 3 rings (SSSR count). The highest BCUT2D eigenvalue weighted by molar-refractivity contribution is 7.93. The number of hydrogen-bond donors (Lipinski definition) is 0. The quantitative estimate of drug-likeness (QED) is 0.719. The first-order chi connectivity index (χ1) is 10.0. The number of para-hydroxylation sites is 1. The number of aryl methyl sites for hydroxylation is 1. The molecule has 3 aromatic rings. The standard InChI is InChI=1S/C17H17NO2S/c1-13-7-9-16(10-8-13)21(2,19)18-12-15-11-14-5-3-4-6-17(14)20-15/h3-11H,12H2,1-2H3. The van der Waals surface area contributed by atoms with Crippen LogP contribution in [0.25, 0.3) is 11.0 Å². The third-order valence-corrected chi connectivity index (χ3v) is 5.17. The highest BCUT2D eigenvalue weighted by atomic mass is 32.2. The van der Waals surface area contributed by atoms with Gasteiger partial charge in [-0.05, 0) is 31.2 Å². The van der Waals surface area contributed by atoms with Crippen molar-refractivity contribution in [2.75, 3.05) is 6.26 Å². The molecule has 0 N–H and O–H groups in total. The zero-order valence-corrected chi connectivity index (χ0v) is 12.9. The Bertz CT molecular complexity index is 852. The van der Waals surface area contributed by atoms with Crippen molar-refractivity contribution in [2.24, 2.45) is 4.36 Å². The van der Waals surface area contributed by atoms with E-state index in [-0.39, 0.29) is 0 Å². The minimum Gasteiger partial charge on any atom is -0.459 e. The molecule has 0 aliphatic rings. The second kappa shape index (κ2) is 5.37. The van der Waals surface area contributed by atoms with Gasteiger partial charge in [0, 0.05) is 16.5 Å². The minimum absolute atomic E-state index is 0.317. The molecule has 1 aromatic heterocycles. The van der Waals surface area contributed by atoms with E-state index in [2.05, 4.69) is 4.36 Å². The maximum atomic E-state index is 12.7. The van der Waals surface area contributed by atoms with Crippen LogP contribution < -0.4 is 0 Å². The molecule has 0 fully saturated rings. The summed E-state index contributed by atoms with van der Waals surface area (Å²) < 4.78 is 22.7. The summed E-state index contributed by atoms with van der Waals surface area (Å²) in [6.45, 7) is 2.32. The Morgan fingerprint density at radius 1 is 1.10 bits per heavy atom. The van der Waals surface area contributed by atoms with Crippen LogP contribution in [-0.2, 0) is 16.3 Å². The molecule has 0 radical (unpaired) electrons. The normalized spacial score (nSPS) is 14.0. The topological polar surface area (TPSA) is 42.6 Å². The van der Waals surface area contributed by atoms with Crippen LogP contribution in [-0.4, -0.2) is 10.5 Å². The predicted molar refractivity (Wildman–Crippen MR) is 85.9 cm³/mol. The van der Waals surface area contributed by atoms with Gasteiger partial charge in [0.25, 0.3) is 0 Å². The fraction of sp³-hybridized carbons (Fsp3) is 0.176. The molecule has 0 aliphatic carbocycles. The van der Waals surface area contributed by atoms with Crippen LogP contribution in [0.2, 0.25) is 0 Å². The van der Waals surface area contributed by atoms with Gasteiger partial charge in [0.15, 0.2) is 0 Å². The number of benzene rings is 2. The lowest BCUT2D eigenvalue weighted by Crippen LogP contribution is -1.98. The van der Waals surface area contributed by atoms with E-state index < -0.39 is 9.73 Å². The Balaban J connectivity index is 1.90. The van der Waals surface area contributed by atoms with Crippen LogP contribution in [0, 0.1) is 6.92 Å². The van der Waals surface area contributed by atoms with Crippen molar-refractivity contribution >= 4 is 20.7 Å². The molecule has 0 aliphatic heterocycles. The number of fused-ring (bicyclic) bond motifs is 1. The second-order valence-electron chi connectivity index (χ2n) is 5.15. The highest BCUT2D eigenvalue weighted by Gasteiger charge is 2.07. The van der Waals surface area contributed by atoms with Gasteiger partial charge in [-0.2, -0.15) is 0 Å². The molecule has 2 aromatic carbocycles. The molecule has 1 heterocycles. The van der Waals surface area contributed by atoms with Crippen LogP contribution in [0.5, 0.6) is 0 Å². The molecule has 108 valence electrons. The smallest absolute Gasteiger partial charge is 0.134 e. The first-order valence-corrected chi connectivity index (χ1v) is 8.69. The number of rotatable bonds is 3. The van der Waals surface area contributed by atoms with E-state index >= 15 is 0 Å². The lowest BCUT2D eigenvalue weighted by Gasteiger charge is -2.04. The summed E-state index contributed by atoms with van der Waals surface area (Å²) in [5, 5.41) is 1.04. The Labute approximate surface area is 124 Å². The largest absolute Gasteiger partial charge is 0.459 e. The summed E-state index contributed by atoms with van der Waals surface area (Å²) in [6, 6.07) is 17.4. The lowest BCUT2D eigenvalue weighted by atomic mass is 10.2. The molecular formula is C17H17NO2S. The van der Waals surface area contributed by atoms with Gasteiger partial charge >= 0.3 is 0 Å². The van der Waals surface area contributed by atoms with E-state index in [9.17, 15) is 4.21 Å². The molecule has 21 heavy (non-hydrogen) atoms. The summed E-state index contributed by atoms with van der Waals surface area (Å²) in [4.78, 5) is 0.754. The summed E-state index contributed by atoms with van der Waals surface area (Å²) in [6.07, 6.45) is 1.67. The van der Waals surface area contributed by atoms with Gasteiger partial charge in [-0.15, -0.1) is 0 Å². The zero-order chi connectivity index (χ0) is 14.9. The van der Waals surface area contributed by atoms with Gasteiger partial charge in [-0.3, -0.25) is 0 Å². The van der Waals surface area contributed by atoms with Crippen molar-refractivity contribution in [1.29, 1.82) is 0 Å². The van der Waals surface area contributed by atoms with E-state index in [1.807, 2.05) is 61.5 Å². The summed E-state index contributed by atoms with van der Waals surface area (Å²) in [7, 11) is -2.40. The van der Waals surface area contributed by atoms with Crippen LogP contribution in [0.1, 0.15) is 11.3 Å². The molecule has 0 saturated carbocycles. The summed E-state index contributed by atoms with van der Waals surface area (Å²) in [5.41, 5.74) is 1.98. The second-order valence-corrected chi connectivity index (χ2v) is 7.49. The average Bonchev–Trinajstić information content (AvgIpc) is 2.89. The Morgan fingerprint density at radius 3 is 2.52 bits per heavy atom. The van der Waals surface area contributed by atoms with Gasteiger partial charge in [0.05, 0.1) is 9.73 Å².